The SMILES string of the molecule is c1ccc(-c2cccc(-c3nc(-c4cccc(-c5cccc6c5oc5c6ccc6ccc7ccccc7c65)c4)nc(-c4ccc5c(c4)oc4ccccc45)n3)c2)cc1. The summed E-state index contributed by atoms with van der Waals surface area (Å²) in [6.45, 7) is 0. The molecule has 0 bridgehead atoms. The van der Waals surface area contributed by atoms with Gasteiger partial charge in [0.05, 0.1) is 0 Å². The van der Waals surface area contributed by atoms with Gasteiger partial charge in [0.25, 0.3) is 0 Å². The van der Waals surface area contributed by atoms with Crippen molar-refractivity contribution in [1.29, 1.82) is 0 Å². The van der Waals surface area contributed by atoms with Crippen molar-refractivity contribution in [3.8, 4) is 56.4 Å². The molecule has 0 saturated carbocycles. The van der Waals surface area contributed by atoms with Gasteiger partial charge in [0.15, 0.2) is 17.5 Å². The van der Waals surface area contributed by atoms with E-state index in [1.807, 2.05) is 30.3 Å². The fourth-order valence-electron chi connectivity index (χ4n) is 8.49. The zero-order valence-corrected chi connectivity index (χ0v) is 31.1. The molecule has 58 heavy (non-hydrogen) atoms. The summed E-state index contributed by atoms with van der Waals surface area (Å²) in [6.07, 6.45) is 0. The van der Waals surface area contributed by atoms with E-state index in [1.165, 1.54) is 10.8 Å². The van der Waals surface area contributed by atoms with Crippen LogP contribution in [-0.4, -0.2) is 15.0 Å². The quantitative estimate of drug-likeness (QED) is 0.164. The Morgan fingerprint density at radius 1 is 0.293 bits per heavy atom. The minimum absolute atomic E-state index is 0.566. The third-order valence-electron chi connectivity index (χ3n) is 11.3. The zero-order valence-electron chi connectivity index (χ0n) is 31.1. The summed E-state index contributed by atoms with van der Waals surface area (Å²) in [5.41, 5.74) is 10.2. The van der Waals surface area contributed by atoms with E-state index >= 15 is 0 Å². The monoisotopic (exact) mass is 741 g/mol. The molecule has 3 aromatic heterocycles. The molecule has 0 atom stereocenters. The van der Waals surface area contributed by atoms with Crippen molar-refractivity contribution in [2.45, 2.75) is 0 Å². The van der Waals surface area contributed by atoms with Crippen LogP contribution in [-0.2, 0) is 0 Å². The Bertz CT molecular complexity index is 3580. The molecule has 12 rings (SSSR count). The Morgan fingerprint density at radius 3 is 1.67 bits per heavy atom. The summed E-state index contributed by atoms with van der Waals surface area (Å²) < 4.78 is 13.2. The largest absolute Gasteiger partial charge is 0.456 e. The predicted molar refractivity (Wildman–Crippen MR) is 237 cm³/mol. The lowest BCUT2D eigenvalue weighted by Crippen LogP contribution is -2.00. The minimum atomic E-state index is 0.566. The Labute approximate surface area is 332 Å². The lowest BCUT2D eigenvalue weighted by molar-refractivity contribution is 0.669. The van der Waals surface area contributed by atoms with E-state index < -0.39 is 0 Å². The molecule has 0 radical (unpaired) electrons. The highest BCUT2D eigenvalue weighted by molar-refractivity contribution is 6.24. The first kappa shape index (κ1) is 32.4. The number of para-hydroxylation sites is 2. The summed E-state index contributed by atoms with van der Waals surface area (Å²) in [6, 6.07) is 65.1. The van der Waals surface area contributed by atoms with Crippen LogP contribution in [0.4, 0.5) is 0 Å². The van der Waals surface area contributed by atoms with E-state index in [2.05, 4.69) is 158 Å². The van der Waals surface area contributed by atoms with Crippen molar-refractivity contribution in [1.82, 2.24) is 15.0 Å². The maximum absolute atomic E-state index is 6.91. The van der Waals surface area contributed by atoms with Crippen molar-refractivity contribution < 1.29 is 8.83 Å². The van der Waals surface area contributed by atoms with E-state index in [4.69, 9.17) is 23.8 Å². The second-order valence-electron chi connectivity index (χ2n) is 14.8. The van der Waals surface area contributed by atoms with Crippen molar-refractivity contribution in [2.24, 2.45) is 0 Å². The fraction of sp³-hybridized carbons (Fsp3) is 0. The number of furan rings is 2. The second kappa shape index (κ2) is 12.8. The van der Waals surface area contributed by atoms with Crippen LogP contribution in [0.5, 0.6) is 0 Å². The standard InChI is InChI=1S/C53H31N3O2/c1-2-11-32(12-3-1)35-14-8-16-37(29-35)51-54-52(56-53(55-51)39-26-27-43-42-19-6-7-22-46(42)57-47(43)31-39)38-17-9-15-36(30-38)41-20-10-21-44-45-28-25-34-24-23-33-13-4-5-18-40(33)48(34)50(45)58-49(41)44/h1-31H. The van der Waals surface area contributed by atoms with Crippen LogP contribution < -0.4 is 0 Å². The number of aromatic nitrogens is 3. The molecule has 0 fully saturated rings. The van der Waals surface area contributed by atoms with Crippen LogP contribution >= 0.6 is 0 Å². The molecule has 0 spiro atoms. The first-order valence-corrected chi connectivity index (χ1v) is 19.4. The molecule has 0 unspecified atom stereocenters. The third-order valence-corrected chi connectivity index (χ3v) is 11.3. The van der Waals surface area contributed by atoms with Crippen LogP contribution in [0.15, 0.2) is 197 Å². The van der Waals surface area contributed by atoms with Crippen molar-refractivity contribution in [2.75, 3.05) is 0 Å². The highest BCUT2D eigenvalue weighted by atomic mass is 16.3. The molecule has 270 valence electrons. The van der Waals surface area contributed by atoms with Gasteiger partial charge in [-0.3, -0.25) is 0 Å². The van der Waals surface area contributed by atoms with Crippen molar-refractivity contribution >= 4 is 65.4 Å². The summed E-state index contributed by atoms with van der Waals surface area (Å²) >= 11 is 0. The van der Waals surface area contributed by atoms with Crippen LogP contribution in [0.25, 0.3) is 122 Å². The predicted octanol–water partition coefficient (Wildman–Crippen LogP) is 14.3. The number of benzene rings is 9. The average molecular weight is 742 g/mol. The number of fused-ring (bicyclic) bond motifs is 10. The molecule has 0 amide bonds. The van der Waals surface area contributed by atoms with E-state index in [0.29, 0.717) is 17.5 Å². The van der Waals surface area contributed by atoms with Gasteiger partial charge in [-0.15, -0.1) is 0 Å². The van der Waals surface area contributed by atoms with E-state index in [1.54, 1.807) is 0 Å². The van der Waals surface area contributed by atoms with E-state index in [0.717, 1.165) is 93.6 Å². The molecule has 5 heteroatoms. The molecule has 3 heterocycles. The summed E-state index contributed by atoms with van der Waals surface area (Å²) in [5.74, 6) is 1.73. The maximum atomic E-state index is 6.91. The van der Waals surface area contributed by atoms with Gasteiger partial charge >= 0.3 is 0 Å². The topological polar surface area (TPSA) is 65.0 Å². The molecule has 0 aliphatic carbocycles. The molecule has 0 aliphatic rings. The molecule has 0 saturated heterocycles. The Kier molecular flexibility index (Phi) is 7.16. The van der Waals surface area contributed by atoms with Gasteiger partial charge in [-0.25, -0.2) is 15.0 Å². The number of rotatable bonds is 5. The lowest BCUT2D eigenvalue weighted by atomic mass is 9.98. The van der Waals surface area contributed by atoms with Gasteiger partial charge in [0.2, 0.25) is 0 Å². The van der Waals surface area contributed by atoms with Crippen LogP contribution in [0.3, 0.4) is 0 Å². The molecule has 9 aromatic carbocycles. The average Bonchev–Trinajstić information content (AvgIpc) is 3.87. The van der Waals surface area contributed by atoms with Gasteiger partial charge in [-0.1, -0.05) is 152 Å². The molecular weight excluding hydrogens is 711 g/mol. The summed E-state index contributed by atoms with van der Waals surface area (Å²) in [7, 11) is 0. The Balaban J connectivity index is 1.03. The maximum Gasteiger partial charge on any atom is 0.164 e. The molecular formula is C53H31N3O2. The number of nitrogens with zero attached hydrogens (tertiary/aromatic N) is 3. The lowest BCUT2D eigenvalue weighted by Gasteiger charge is -2.11. The van der Waals surface area contributed by atoms with Gasteiger partial charge < -0.3 is 8.83 Å². The van der Waals surface area contributed by atoms with E-state index in [9.17, 15) is 0 Å². The first-order valence-electron chi connectivity index (χ1n) is 19.4. The van der Waals surface area contributed by atoms with Gasteiger partial charge in [-0.05, 0) is 69.2 Å². The first-order chi connectivity index (χ1) is 28.7. The van der Waals surface area contributed by atoms with Crippen molar-refractivity contribution in [3.63, 3.8) is 0 Å². The summed E-state index contributed by atoms with van der Waals surface area (Å²) in [4.78, 5) is 15.4. The second-order valence-corrected chi connectivity index (χ2v) is 14.8. The van der Waals surface area contributed by atoms with Crippen LogP contribution in [0.1, 0.15) is 0 Å². The molecule has 0 N–H and O–H groups in total. The van der Waals surface area contributed by atoms with Gasteiger partial charge in [0.1, 0.15) is 22.3 Å². The highest BCUT2D eigenvalue weighted by Gasteiger charge is 2.19. The Hall–Kier alpha value is -7.89. The van der Waals surface area contributed by atoms with Gasteiger partial charge in [-0.2, -0.15) is 0 Å². The van der Waals surface area contributed by atoms with E-state index in [-0.39, 0.29) is 0 Å². The fourth-order valence-corrected chi connectivity index (χ4v) is 8.49. The molecule has 12 aromatic rings. The number of hydrogen-bond donors (Lipinski definition) is 0. The zero-order chi connectivity index (χ0) is 38.2. The third kappa shape index (κ3) is 5.21. The molecule has 0 aliphatic heterocycles. The highest BCUT2D eigenvalue weighted by Crippen LogP contribution is 2.42. The van der Waals surface area contributed by atoms with Crippen LogP contribution in [0.2, 0.25) is 0 Å². The molecule has 5 nitrogen and oxygen atoms in total. The minimum Gasteiger partial charge on any atom is -0.456 e. The van der Waals surface area contributed by atoms with Gasteiger partial charge in [0, 0.05) is 49.2 Å². The summed E-state index contributed by atoms with van der Waals surface area (Å²) in [5, 5.41) is 8.98. The van der Waals surface area contributed by atoms with Crippen LogP contribution in [0, 0.1) is 0 Å². The Morgan fingerprint density at radius 2 is 0.845 bits per heavy atom. The van der Waals surface area contributed by atoms with Crippen molar-refractivity contribution in [3.05, 3.63) is 188 Å². The normalized spacial score (nSPS) is 11.8. The number of hydrogen-bond acceptors (Lipinski definition) is 5. The smallest absolute Gasteiger partial charge is 0.164 e.